The highest BCUT2D eigenvalue weighted by atomic mass is 35.5. The van der Waals surface area contributed by atoms with Gasteiger partial charge in [-0.05, 0) is 50.1 Å². The van der Waals surface area contributed by atoms with Crippen LogP contribution in [0, 0.1) is 20.8 Å². The third kappa shape index (κ3) is 3.92. The van der Waals surface area contributed by atoms with Crippen molar-refractivity contribution < 1.29 is 4.79 Å². The predicted octanol–water partition coefficient (Wildman–Crippen LogP) is 4.03. The van der Waals surface area contributed by atoms with E-state index in [1.165, 1.54) is 5.56 Å². The van der Waals surface area contributed by atoms with E-state index in [2.05, 4.69) is 29.6 Å². The Morgan fingerprint density at radius 3 is 2.43 bits per heavy atom. The van der Waals surface area contributed by atoms with Crippen molar-refractivity contribution in [3.63, 3.8) is 0 Å². The molecule has 108 valence electrons. The molecule has 21 heavy (non-hydrogen) atoms. The van der Waals surface area contributed by atoms with Gasteiger partial charge in [-0.3, -0.25) is 4.79 Å². The Labute approximate surface area is 129 Å². The highest BCUT2D eigenvalue weighted by molar-refractivity contribution is 6.30. The van der Waals surface area contributed by atoms with Gasteiger partial charge in [-0.2, -0.15) is 5.10 Å². The third-order valence-corrected chi connectivity index (χ3v) is 3.42. The molecule has 0 heterocycles. The largest absolute Gasteiger partial charge is 0.271 e. The summed E-state index contributed by atoms with van der Waals surface area (Å²) in [5.41, 5.74) is 7.50. The topological polar surface area (TPSA) is 41.5 Å². The van der Waals surface area contributed by atoms with Crippen molar-refractivity contribution in [2.45, 2.75) is 20.8 Å². The maximum atomic E-state index is 11.9. The van der Waals surface area contributed by atoms with Crippen LogP contribution in [0.2, 0.25) is 5.02 Å². The van der Waals surface area contributed by atoms with E-state index < -0.39 is 0 Å². The average Bonchev–Trinajstić information content (AvgIpc) is 2.41. The van der Waals surface area contributed by atoms with Crippen LogP contribution in [-0.4, -0.2) is 12.1 Å². The van der Waals surface area contributed by atoms with Crippen LogP contribution in [0.15, 0.2) is 41.5 Å². The second-order valence-corrected chi connectivity index (χ2v) is 5.46. The van der Waals surface area contributed by atoms with Gasteiger partial charge in [-0.15, -0.1) is 0 Å². The lowest BCUT2D eigenvalue weighted by atomic mass is 10.0. The molecule has 0 aliphatic carbocycles. The van der Waals surface area contributed by atoms with Gasteiger partial charge in [0.15, 0.2) is 0 Å². The van der Waals surface area contributed by atoms with Crippen LogP contribution in [0.3, 0.4) is 0 Å². The van der Waals surface area contributed by atoms with E-state index in [1.54, 1.807) is 30.5 Å². The first-order valence-corrected chi connectivity index (χ1v) is 7.02. The molecule has 2 rings (SSSR count). The van der Waals surface area contributed by atoms with Crippen molar-refractivity contribution >= 4 is 23.7 Å². The number of hydrazone groups is 1. The number of benzene rings is 2. The fourth-order valence-electron chi connectivity index (χ4n) is 2.24. The summed E-state index contributed by atoms with van der Waals surface area (Å²) in [4.78, 5) is 11.9. The number of nitrogens with one attached hydrogen (secondary N) is 1. The zero-order valence-electron chi connectivity index (χ0n) is 12.3. The van der Waals surface area contributed by atoms with Gasteiger partial charge in [0, 0.05) is 16.1 Å². The number of rotatable bonds is 3. The first-order chi connectivity index (χ1) is 9.97. The maximum Gasteiger partial charge on any atom is 0.271 e. The highest BCUT2D eigenvalue weighted by Crippen LogP contribution is 2.14. The van der Waals surface area contributed by atoms with Crippen LogP contribution in [-0.2, 0) is 0 Å². The number of nitrogens with zero attached hydrogens (tertiary/aromatic N) is 1. The second kappa shape index (κ2) is 6.55. The van der Waals surface area contributed by atoms with Crippen molar-refractivity contribution in [2.24, 2.45) is 5.10 Å². The number of halogens is 1. The van der Waals surface area contributed by atoms with E-state index in [4.69, 9.17) is 11.6 Å². The molecule has 2 aromatic rings. The molecule has 0 saturated heterocycles. The first-order valence-electron chi connectivity index (χ1n) is 6.64. The van der Waals surface area contributed by atoms with Gasteiger partial charge in [0.1, 0.15) is 0 Å². The smallest absolute Gasteiger partial charge is 0.267 e. The van der Waals surface area contributed by atoms with E-state index in [-0.39, 0.29) is 5.91 Å². The Morgan fingerprint density at radius 1 is 1.14 bits per heavy atom. The minimum absolute atomic E-state index is 0.281. The predicted molar refractivity (Wildman–Crippen MR) is 87.2 cm³/mol. The molecule has 1 amide bonds. The van der Waals surface area contributed by atoms with E-state index in [0.717, 1.165) is 16.7 Å². The Balaban J connectivity index is 2.11. The molecule has 4 heteroatoms. The van der Waals surface area contributed by atoms with E-state index >= 15 is 0 Å². The Morgan fingerprint density at radius 2 is 1.81 bits per heavy atom. The van der Waals surface area contributed by atoms with Gasteiger partial charge < -0.3 is 0 Å². The van der Waals surface area contributed by atoms with Crippen molar-refractivity contribution in [1.29, 1.82) is 0 Å². The molecular formula is C17H17ClN2O. The zero-order chi connectivity index (χ0) is 15.4. The Kier molecular flexibility index (Phi) is 4.76. The fourth-order valence-corrected chi connectivity index (χ4v) is 2.43. The summed E-state index contributed by atoms with van der Waals surface area (Å²) < 4.78 is 0. The van der Waals surface area contributed by atoms with Crippen molar-refractivity contribution in [3.8, 4) is 0 Å². The molecular weight excluding hydrogens is 284 g/mol. The second-order valence-electron chi connectivity index (χ2n) is 5.02. The minimum atomic E-state index is -0.281. The summed E-state index contributed by atoms with van der Waals surface area (Å²) in [6.45, 7) is 6.11. The van der Waals surface area contributed by atoms with Crippen LogP contribution in [0.5, 0.6) is 0 Å². The number of carbonyl (C=O) groups excluding carboxylic acids is 1. The van der Waals surface area contributed by atoms with Crippen molar-refractivity contribution in [1.82, 2.24) is 5.43 Å². The fraction of sp³-hybridized carbons (Fsp3) is 0.176. The molecule has 0 bridgehead atoms. The molecule has 0 aromatic heterocycles. The van der Waals surface area contributed by atoms with Crippen molar-refractivity contribution in [3.05, 3.63) is 69.2 Å². The maximum absolute atomic E-state index is 11.9. The Bertz CT molecular complexity index is 685. The summed E-state index contributed by atoms with van der Waals surface area (Å²) >= 11 is 5.86. The van der Waals surface area contributed by atoms with E-state index in [9.17, 15) is 4.79 Å². The van der Waals surface area contributed by atoms with Gasteiger partial charge in [-0.25, -0.2) is 5.43 Å². The van der Waals surface area contributed by atoms with E-state index in [0.29, 0.717) is 10.6 Å². The van der Waals surface area contributed by atoms with Gasteiger partial charge >= 0.3 is 0 Å². The molecule has 0 spiro atoms. The minimum Gasteiger partial charge on any atom is -0.267 e. The van der Waals surface area contributed by atoms with Crippen LogP contribution >= 0.6 is 11.6 Å². The summed E-state index contributed by atoms with van der Waals surface area (Å²) in [7, 11) is 0. The Hall–Kier alpha value is -2.13. The third-order valence-electron chi connectivity index (χ3n) is 3.18. The van der Waals surface area contributed by atoms with E-state index in [1.807, 2.05) is 13.8 Å². The van der Waals surface area contributed by atoms with Crippen LogP contribution < -0.4 is 5.43 Å². The standard InChI is InChI=1S/C17H17ClN2O/c1-11-7-12(2)16(13(3)8-11)10-19-20-17(21)14-5-4-6-15(18)9-14/h4-10H,1-3H3,(H,20,21)/b19-10-. The molecule has 0 radical (unpaired) electrons. The number of amides is 1. The zero-order valence-corrected chi connectivity index (χ0v) is 13.0. The van der Waals surface area contributed by atoms with Gasteiger partial charge in [-0.1, -0.05) is 35.4 Å². The van der Waals surface area contributed by atoms with Crippen LogP contribution in [0.1, 0.15) is 32.6 Å². The monoisotopic (exact) mass is 300 g/mol. The highest BCUT2D eigenvalue weighted by Gasteiger charge is 2.05. The number of hydrogen-bond acceptors (Lipinski definition) is 2. The number of carbonyl (C=O) groups is 1. The molecule has 0 unspecified atom stereocenters. The SMILES string of the molecule is Cc1cc(C)c(/C=N\NC(=O)c2cccc(Cl)c2)c(C)c1. The van der Waals surface area contributed by atoms with Gasteiger partial charge in [0.05, 0.1) is 6.21 Å². The lowest BCUT2D eigenvalue weighted by Crippen LogP contribution is -2.17. The first kappa shape index (κ1) is 15.3. The molecule has 1 N–H and O–H groups in total. The summed E-state index contributed by atoms with van der Waals surface area (Å²) in [6, 6.07) is 10.9. The average molecular weight is 301 g/mol. The van der Waals surface area contributed by atoms with Crippen LogP contribution in [0.4, 0.5) is 0 Å². The van der Waals surface area contributed by atoms with Crippen LogP contribution in [0.25, 0.3) is 0 Å². The summed E-state index contributed by atoms with van der Waals surface area (Å²) in [5, 5.41) is 4.56. The molecule has 2 aromatic carbocycles. The van der Waals surface area contributed by atoms with Gasteiger partial charge in [0.2, 0.25) is 0 Å². The molecule has 0 saturated carbocycles. The molecule has 0 aliphatic heterocycles. The molecule has 0 aliphatic rings. The normalized spacial score (nSPS) is 10.9. The lowest BCUT2D eigenvalue weighted by Gasteiger charge is -2.06. The lowest BCUT2D eigenvalue weighted by molar-refractivity contribution is 0.0955. The molecule has 3 nitrogen and oxygen atoms in total. The molecule has 0 fully saturated rings. The number of hydrogen-bond donors (Lipinski definition) is 1. The summed E-state index contributed by atoms with van der Waals surface area (Å²) in [6.07, 6.45) is 1.67. The van der Waals surface area contributed by atoms with Crippen molar-refractivity contribution in [2.75, 3.05) is 0 Å². The van der Waals surface area contributed by atoms with Gasteiger partial charge in [0.25, 0.3) is 5.91 Å². The number of aryl methyl sites for hydroxylation is 3. The quantitative estimate of drug-likeness (QED) is 0.675. The molecule has 0 atom stereocenters. The summed E-state index contributed by atoms with van der Waals surface area (Å²) in [5.74, 6) is -0.281.